The van der Waals surface area contributed by atoms with E-state index in [1.807, 2.05) is 13.8 Å². The van der Waals surface area contributed by atoms with Crippen molar-refractivity contribution in [1.29, 1.82) is 0 Å². The molecule has 108 valence electrons. The topological polar surface area (TPSA) is 58.6 Å². The Morgan fingerprint density at radius 1 is 1.39 bits per heavy atom. The number of hydrogen-bond donors (Lipinski definition) is 2. The van der Waals surface area contributed by atoms with Gasteiger partial charge in [-0.15, -0.1) is 0 Å². The van der Waals surface area contributed by atoms with Crippen LogP contribution in [0.5, 0.6) is 0 Å². The molecule has 0 aliphatic carbocycles. The molecule has 4 heteroatoms. The molecule has 0 aliphatic heterocycles. The van der Waals surface area contributed by atoms with E-state index in [4.69, 9.17) is 4.74 Å². The van der Waals surface area contributed by atoms with Gasteiger partial charge in [-0.1, -0.05) is 27.7 Å². The summed E-state index contributed by atoms with van der Waals surface area (Å²) in [6.45, 7) is 10.3. The molecule has 0 rings (SSSR count). The summed E-state index contributed by atoms with van der Waals surface area (Å²) in [6, 6.07) is 0. The van der Waals surface area contributed by atoms with E-state index in [2.05, 4.69) is 19.2 Å². The van der Waals surface area contributed by atoms with Crippen molar-refractivity contribution < 1.29 is 14.6 Å². The van der Waals surface area contributed by atoms with Gasteiger partial charge < -0.3 is 15.2 Å². The van der Waals surface area contributed by atoms with Crippen LogP contribution in [0, 0.1) is 5.92 Å². The second-order valence-corrected chi connectivity index (χ2v) is 5.24. The highest BCUT2D eigenvalue weighted by Gasteiger charge is 2.35. The summed E-state index contributed by atoms with van der Waals surface area (Å²) in [4.78, 5) is 11.4. The van der Waals surface area contributed by atoms with E-state index in [1.54, 1.807) is 0 Å². The number of hydrogen-bond acceptors (Lipinski definition) is 3. The largest absolute Gasteiger partial charge is 0.480 e. The van der Waals surface area contributed by atoms with Crippen LogP contribution in [0.1, 0.15) is 53.4 Å². The first kappa shape index (κ1) is 17.4. The molecule has 1 atom stereocenters. The van der Waals surface area contributed by atoms with Crippen LogP contribution in [-0.2, 0) is 9.53 Å². The molecule has 0 saturated carbocycles. The van der Waals surface area contributed by atoms with Crippen LogP contribution in [-0.4, -0.2) is 36.4 Å². The highest BCUT2D eigenvalue weighted by Crippen LogP contribution is 2.18. The van der Waals surface area contributed by atoms with Crippen molar-refractivity contribution >= 4 is 5.97 Å². The smallest absolute Gasteiger partial charge is 0.323 e. The summed E-state index contributed by atoms with van der Waals surface area (Å²) < 4.78 is 5.50. The van der Waals surface area contributed by atoms with Crippen molar-refractivity contribution in [3.8, 4) is 0 Å². The van der Waals surface area contributed by atoms with Crippen LogP contribution in [0.3, 0.4) is 0 Å². The second-order valence-electron chi connectivity index (χ2n) is 5.24. The lowest BCUT2D eigenvalue weighted by Crippen LogP contribution is -2.52. The van der Waals surface area contributed by atoms with E-state index in [-0.39, 0.29) is 0 Å². The van der Waals surface area contributed by atoms with Crippen molar-refractivity contribution in [2.45, 2.75) is 58.9 Å². The Kier molecular flexibility index (Phi) is 9.02. The fourth-order valence-corrected chi connectivity index (χ4v) is 1.88. The average molecular weight is 259 g/mol. The molecular formula is C14H29NO3. The van der Waals surface area contributed by atoms with Gasteiger partial charge in [-0.05, 0) is 38.1 Å². The van der Waals surface area contributed by atoms with E-state index < -0.39 is 11.5 Å². The number of carbonyl (C=O) groups is 1. The van der Waals surface area contributed by atoms with E-state index in [9.17, 15) is 9.90 Å². The first-order chi connectivity index (χ1) is 8.48. The monoisotopic (exact) mass is 259 g/mol. The van der Waals surface area contributed by atoms with E-state index >= 15 is 0 Å². The van der Waals surface area contributed by atoms with Gasteiger partial charge in [-0.25, -0.2) is 0 Å². The third-order valence-corrected chi connectivity index (χ3v) is 3.07. The summed E-state index contributed by atoms with van der Waals surface area (Å²) in [5, 5.41) is 12.6. The Bertz CT molecular complexity index is 231. The van der Waals surface area contributed by atoms with Gasteiger partial charge in [0, 0.05) is 13.2 Å². The molecule has 0 aromatic carbocycles. The zero-order valence-corrected chi connectivity index (χ0v) is 12.3. The minimum Gasteiger partial charge on any atom is -0.480 e. The predicted molar refractivity (Wildman–Crippen MR) is 73.8 cm³/mol. The van der Waals surface area contributed by atoms with Gasteiger partial charge in [0.25, 0.3) is 0 Å². The first-order valence-corrected chi connectivity index (χ1v) is 7.04. The number of nitrogens with one attached hydrogen (secondary N) is 1. The van der Waals surface area contributed by atoms with Gasteiger partial charge in [-0.2, -0.15) is 0 Å². The molecule has 0 fully saturated rings. The quantitative estimate of drug-likeness (QED) is 0.560. The molecule has 0 aromatic heterocycles. The molecule has 0 aromatic rings. The van der Waals surface area contributed by atoms with Gasteiger partial charge in [0.05, 0.1) is 0 Å². The van der Waals surface area contributed by atoms with Crippen LogP contribution in [0.2, 0.25) is 0 Å². The Hall–Kier alpha value is -0.610. The Balaban J connectivity index is 4.12. The molecular weight excluding hydrogens is 230 g/mol. The van der Waals surface area contributed by atoms with Crippen LogP contribution in [0.15, 0.2) is 0 Å². The Morgan fingerprint density at radius 3 is 2.50 bits per heavy atom. The normalized spacial score (nSPS) is 14.7. The molecule has 0 heterocycles. The molecule has 4 nitrogen and oxygen atoms in total. The summed E-state index contributed by atoms with van der Waals surface area (Å²) in [5.41, 5.74) is -0.781. The van der Waals surface area contributed by atoms with Crippen molar-refractivity contribution in [2.24, 2.45) is 5.92 Å². The van der Waals surface area contributed by atoms with Crippen molar-refractivity contribution in [1.82, 2.24) is 5.32 Å². The molecule has 0 saturated heterocycles. The summed E-state index contributed by atoms with van der Waals surface area (Å²) in [5.74, 6) is -0.221. The maximum absolute atomic E-state index is 11.4. The number of ether oxygens (including phenoxy) is 1. The lowest BCUT2D eigenvalue weighted by atomic mass is 9.90. The van der Waals surface area contributed by atoms with E-state index in [0.717, 1.165) is 26.0 Å². The standard InChI is InChI=1S/C14H29NO3/c1-5-9-15-14(6-2,13(16)17)8-7-10-18-11-12(3)4/h12,15H,5-11H2,1-4H3,(H,16,17). The molecule has 0 amide bonds. The maximum atomic E-state index is 11.4. The van der Waals surface area contributed by atoms with E-state index in [1.165, 1.54) is 0 Å². The maximum Gasteiger partial charge on any atom is 0.323 e. The lowest BCUT2D eigenvalue weighted by molar-refractivity contribution is -0.145. The van der Waals surface area contributed by atoms with Gasteiger partial charge in [-0.3, -0.25) is 4.79 Å². The highest BCUT2D eigenvalue weighted by molar-refractivity contribution is 5.78. The number of aliphatic carboxylic acids is 1. The predicted octanol–water partition coefficient (Wildman–Crippen LogP) is 2.67. The van der Waals surface area contributed by atoms with Gasteiger partial charge >= 0.3 is 5.97 Å². The van der Waals surface area contributed by atoms with Gasteiger partial charge in [0.1, 0.15) is 5.54 Å². The van der Waals surface area contributed by atoms with Crippen LogP contribution in [0.4, 0.5) is 0 Å². The molecule has 1 unspecified atom stereocenters. The molecule has 0 aliphatic rings. The minimum absolute atomic E-state index is 0.527. The van der Waals surface area contributed by atoms with Crippen molar-refractivity contribution in [2.75, 3.05) is 19.8 Å². The average Bonchev–Trinajstić information content (AvgIpc) is 2.32. The zero-order chi connectivity index (χ0) is 14.0. The number of carboxylic acid groups (broad SMARTS) is 1. The third kappa shape index (κ3) is 6.36. The van der Waals surface area contributed by atoms with Crippen LogP contribution < -0.4 is 5.32 Å². The fourth-order valence-electron chi connectivity index (χ4n) is 1.88. The zero-order valence-electron chi connectivity index (χ0n) is 12.3. The SMILES string of the molecule is CCCNC(CC)(CCCOCC(C)C)C(=O)O. The number of rotatable bonds is 11. The van der Waals surface area contributed by atoms with E-state index in [0.29, 0.717) is 25.4 Å². The molecule has 0 bridgehead atoms. The Labute approximate surface area is 111 Å². The third-order valence-electron chi connectivity index (χ3n) is 3.07. The summed E-state index contributed by atoms with van der Waals surface area (Å²) >= 11 is 0. The molecule has 18 heavy (non-hydrogen) atoms. The minimum atomic E-state index is -0.781. The van der Waals surface area contributed by atoms with Crippen LogP contribution in [0.25, 0.3) is 0 Å². The van der Waals surface area contributed by atoms with Gasteiger partial charge in [0.2, 0.25) is 0 Å². The van der Waals surface area contributed by atoms with Crippen molar-refractivity contribution in [3.05, 3.63) is 0 Å². The van der Waals surface area contributed by atoms with Crippen molar-refractivity contribution in [3.63, 3.8) is 0 Å². The lowest BCUT2D eigenvalue weighted by Gasteiger charge is -2.29. The summed E-state index contributed by atoms with van der Waals surface area (Å²) in [6.07, 6.45) is 2.95. The first-order valence-electron chi connectivity index (χ1n) is 7.04. The molecule has 2 N–H and O–H groups in total. The van der Waals surface area contributed by atoms with Crippen LogP contribution >= 0.6 is 0 Å². The molecule has 0 spiro atoms. The number of carboxylic acids is 1. The summed E-state index contributed by atoms with van der Waals surface area (Å²) in [7, 11) is 0. The Morgan fingerprint density at radius 2 is 2.06 bits per heavy atom. The molecule has 0 radical (unpaired) electrons. The highest BCUT2D eigenvalue weighted by atomic mass is 16.5. The fraction of sp³-hybridized carbons (Fsp3) is 0.929. The van der Waals surface area contributed by atoms with Gasteiger partial charge in [0.15, 0.2) is 0 Å². The second kappa shape index (κ2) is 9.34.